The lowest BCUT2D eigenvalue weighted by Crippen LogP contribution is -2.06. The third-order valence-electron chi connectivity index (χ3n) is 2.47. The third kappa shape index (κ3) is 2.38. The van der Waals surface area contributed by atoms with Gasteiger partial charge in [-0.3, -0.25) is 4.79 Å². The van der Waals surface area contributed by atoms with E-state index < -0.39 is 5.97 Å². The van der Waals surface area contributed by atoms with Gasteiger partial charge in [0.1, 0.15) is 0 Å². The Bertz CT molecular complexity index is 446. The molecule has 4 nitrogen and oxygen atoms in total. The highest BCUT2D eigenvalue weighted by Crippen LogP contribution is 2.20. The van der Waals surface area contributed by atoms with E-state index in [4.69, 9.17) is 15.5 Å². The second kappa shape index (κ2) is 5.29. The first-order valence-electron chi connectivity index (χ1n) is 5.00. The van der Waals surface area contributed by atoms with Crippen LogP contribution in [0.15, 0.2) is 12.1 Å². The van der Waals surface area contributed by atoms with Crippen LogP contribution in [-0.2, 0) is 24.2 Å². The topological polar surface area (TPSA) is 81.3 Å². The second-order valence-corrected chi connectivity index (χ2v) is 3.43. The van der Waals surface area contributed by atoms with Gasteiger partial charge in [0.2, 0.25) is 0 Å². The first kappa shape index (κ1) is 12.2. The summed E-state index contributed by atoms with van der Waals surface area (Å²) in [6.45, 7) is 1.66. The van der Waals surface area contributed by atoms with Crippen LogP contribution in [-0.4, -0.2) is 16.2 Å². The van der Waals surface area contributed by atoms with E-state index in [1.54, 1.807) is 12.1 Å². The molecule has 1 aromatic rings. The van der Waals surface area contributed by atoms with E-state index in [0.29, 0.717) is 23.1 Å². The van der Waals surface area contributed by atoms with Crippen molar-refractivity contribution in [1.29, 1.82) is 5.26 Å². The predicted molar refractivity (Wildman–Crippen MR) is 57.8 cm³/mol. The Balaban J connectivity index is 3.32. The molecular weight excluding hydrogens is 206 g/mol. The van der Waals surface area contributed by atoms with E-state index in [1.165, 1.54) is 0 Å². The monoisotopic (exact) mass is 219 g/mol. The van der Waals surface area contributed by atoms with Crippen molar-refractivity contribution in [2.75, 3.05) is 0 Å². The summed E-state index contributed by atoms with van der Waals surface area (Å²) < 4.78 is 0. The summed E-state index contributed by atoms with van der Waals surface area (Å²) in [6.07, 6.45) is 0.489. The van der Waals surface area contributed by atoms with Gasteiger partial charge in [0.05, 0.1) is 24.7 Å². The SMILES string of the molecule is CCc1c(CC(=O)O)ccc(CO)c1C#N. The number of hydrogen-bond donors (Lipinski definition) is 2. The van der Waals surface area contributed by atoms with Gasteiger partial charge in [0, 0.05) is 0 Å². The van der Waals surface area contributed by atoms with Crippen LogP contribution in [0.3, 0.4) is 0 Å². The smallest absolute Gasteiger partial charge is 0.307 e. The Morgan fingerprint density at radius 1 is 1.44 bits per heavy atom. The molecule has 1 rings (SSSR count). The maximum atomic E-state index is 10.7. The second-order valence-electron chi connectivity index (χ2n) is 3.43. The van der Waals surface area contributed by atoms with E-state index in [2.05, 4.69) is 0 Å². The highest BCUT2D eigenvalue weighted by Gasteiger charge is 2.13. The van der Waals surface area contributed by atoms with Crippen LogP contribution in [0.1, 0.15) is 29.2 Å². The molecular formula is C12H13NO3. The van der Waals surface area contributed by atoms with Crippen LogP contribution in [0, 0.1) is 11.3 Å². The molecule has 0 aromatic heterocycles. The van der Waals surface area contributed by atoms with Gasteiger partial charge in [-0.25, -0.2) is 0 Å². The molecule has 2 N–H and O–H groups in total. The number of carboxylic acid groups (broad SMARTS) is 1. The number of nitriles is 1. The van der Waals surface area contributed by atoms with Crippen molar-refractivity contribution in [2.24, 2.45) is 0 Å². The van der Waals surface area contributed by atoms with Crippen LogP contribution in [0.4, 0.5) is 0 Å². The van der Waals surface area contributed by atoms with Crippen molar-refractivity contribution in [1.82, 2.24) is 0 Å². The first-order chi connectivity index (χ1) is 7.63. The number of hydrogen-bond acceptors (Lipinski definition) is 3. The summed E-state index contributed by atoms with van der Waals surface area (Å²) in [6, 6.07) is 5.30. The van der Waals surface area contributed by atoms with Gasteiger partial charge >= 0.3 is 5.97 Å². The van der Waals surface area contributed by atoms with Gasteiger partial charge in [0.15, 0.2) is 0 Å². The molecule has 0 saturated carbocycles. The highest BCUT2D eigenvalue weighted by molar-refractivity contribution is 5.71. The summed E-state index contributed by atoms with van der Waals surface area (Å²) in [5.74, 6) is -0.921. The quantitative estimate of drug-likeness (QED) is 0.798. The molecule has 1 aromatic carbocycles. The minimum absolute atomic E-state index is 0.0937. The molecule has 0 atom stereocenters. The Kier molecular flexibility index (Phi) is 4.03. The third-order valence-corrected chi connectivity index (χ3v) is 2.47. The lowest BCUT2D eigenvalue weighted by molar-refractivity contribution is -0.136. The lowest BCUT2D eigenvalue weighted by atomic mass is 9.93. The number of carbonyl (C=O) groups is 1. The molecule has 4 heteroatoms. The molecule has 0 aliphatic rings. The molecule has 16 heavy (non-hydrogen) atoms. The number of benzene rings is 1. The highest BCUT2D eigenvalue weighted by atomic mass is 16.4. The maximum Gasteiger partial charge on any atom is 0.307 e. The maximum absolute atomic E-state index is 10.7. The minimum Gasteiger partial charge on any atom is -0.481 e. The van der Waals surface area contributed by atoms with Crippen molar-refractivity contribution >= 4 is 5.97 Å². The van der Waals surface area contributed by atoms with Crippen molar-refractivity contribution in [3.05, 3.63) is 34.4 Å². The fourth-order valence-electron chi connectivity index (χ4n) is 1.74. The number of rotatable bonds is 4. The number of carboxylic acids is 1. The molecule has 0 aliphatic carbocycles. The lowest BCUT2D eigenvalue weighted by Gasteiger charge is -2.10. The average Bonchev–Trinajstić information content (AvgIpc) is 2.27. The van der Waals surface area contributed by atoms with Crippen LogP contribution in [0.5, 0.6) is 0 Å². The number of nitrogens with zero attached hydrogens (tertiary/aromatic N) is 1. The van der Waals surface area contributed by atoms with Gasteiger partial charge in [-0.15, -0.1) is 0 Å². The normalized spacial score (nSPS) is 9.81. The summed E-state index contributed by atoms with van der Waals surface area (Å²) in [5, 5.41) is 26.8. The Morgan fingerprint density at radius 2 is 2.06 bits per heavy atom. The minimum atomic E-state index is -0.921. The van der Waals surface area contributed by atoms with E-state index in [-0.39, 0.29) is 13.0 Å². The zero-order valence-electron chi connectivity index (χ0n) is 9.03. The summed E-state index contributed by atoms with van der Waals surface area (Å²) in [7, 11) is 0. The molecule has 84 valence electrons. The summed E-state index contributed by atoms with van der Waals surface area (Å²) in [5.41, 5.74) is 2.32. The average molecular weight is 219 g/mol. The number of aliphatic hydroxyl groups is 1. The van der Waals surface area contributed by atoms with Gasteiger partial charge in [-0.2, -0.15) is 5.26 Å². The molecule has 0 aliphatic heterocycles. The van der Waals surface area contributed by atoms with Crippen LogP contribution in [0.2, 0.25) is 0 Å². The Hall–Kier alpha value is -1.86. The van der Waals surface area contributed by atoms with E-state index in [0.717, 1.165) is 5.56 Å². The van der Waals surface area contributed by atoms with Crippen molar-refractivity contribution in [2.45, 2.75) is 26.4 Å². The van der Waals surface area contributed by atoms with Crippen LogP contribution >= 0.6 is 0 Å². The molecule has 0 radical (unpaired) electrons. The molecule has 0 amide bonds. The Morgan fingerprint density at radius 3 is 2.50 bits per heavy atom. The van der Waals surface area contributed by atoms with Gasteiger partial charge in [-0.05, 0) is 23.1 Å². The van der Waals surface area contributed by atoms with Crippen molar-refractivity contribution in [3.63, 3.8) is 0 Å². The molecule has 0 unspecified atom stereocenters. The molecule has 0 saturated heterocycles. The van der Waals surface area contributed by atoms with E-state index in [9.17, 15) is 4.79 Å². The molecule has 0 spiro atoms. The van der Waals surface area contributed by atoms with Crippen LogP contribution in [0.25, 0.3) is 0 Å². The molecule has 0 bridgehead atoms. The number of aliphatic carboxylic acids is 1. The van der Waals surface area contributed by atoms with Gasteiger partial charge in [-0.1, -0.05) is 19.1 Å². The zero-order chi connectivity index (χ0) is 12.1. The fourth-order valence-corrected chi connectivity index (χ4v) is 1.74. The van der Waals surface area contributed by atoms with Crippen LogP contribution < -0.4 is 0 Å². The van der Waals surface area contributed by atoms with Gasteiger partial charge < -0.3 is 10.2 Å². The largest absolute Gasteiger partial charge is 0.481 e. The van der Waals surface area contributed by atoms with E-state index in [1.807, 2.05) is 13.0 Å². The van der Waals surface area contributed by atoms with Gasteiger partial charge in [0.25, 0.3) is 0 Å². The summed E-state index contributed by atoms with van der Waals surface area (Å²) >= 11 is 0. The van der Waals surface area contributed by atoms with Crippen molar-refractivity contribution < 1.29 is 15.0 Å². The standard InChI is InChI=1S/C12H13NO3/c1-2-10-8(5-12(15)16)3-4-9(7-14)11(10)6-13/h3-4,14H,2,5,7H2,1H3,(H,15,16). The Labute approximate surface area is 93.8 Å². The van der Waals surface area contributed by atoms with Crippen molar-refractivity contribution in [3.8, 4) is 6.07 Å². The van der Waals surface area contributed by atoms with E-state index >= 15 is 0 Å². The number of aliphatic hydroxyl groups excluding tert-OH is 1. The fraction of sp³-hybridized carbons (Fsp3) is 0.333. The molecule has 0 heterocycles. The molecule has 0 fully saturated rings. The predicted octanol–water partition coefficient (Wildman–Crippen LogP) is 1.24. The first-order valence-corrected chi connectivity index (χ1v) is 5.00. The summed E-state index contributed by atoms with van der Waals surface area (Å²) in [4.78, 5) is 10.7. The zero-order valence-corrected chi connectivity index (χ0v) is 9.03.